The summed E-state index contributed by atoms with van der Waals surface area (Å²) in [4.78, 5) is 24.6. The summed E-state index contributed by atoms with van der Waals surface area (Å²) in [5, 5.41) is 2.87. The van der Waals surface area contributed by atoms with E-state index in [0.29, 0.717) is 56.5 Å². The monoisotopic (exact) mass is 411 g/mol. The number of carbonyl (C=O) groups excluding carboxylic acids is 2. The summed E-state index contributed by atoms with van der Waals surface area (Å²) in [7, 11) is 0. The molecule has 0 unspecified atom stereocenters. The number of amides is 1. The summed E-state index contributed by atoms with van der Waals surface area (Å²) in [6.45, 7) is 2.78. The number of hydrogen-bond donors (Lipinski definition) is 1. The van der Waals surface area contributed by atoms with Crippen molar-refractivity contribution >= 4 is 11.7 Å². The van der Waals surface area contributed by atoms with Crippen LogP contribution in [0.3, 0.4) is 0 Å². The zero-order chi connectivity index (χ0) is 20.8. The van der Waals surface area contributed by atoms with Crippen LogP contribution in [0, 0.1) is 0 Å². The van der Waals surface area contributed by atoms with Crippen molar-refractivity contribution in [3.8, 4) is 23.0 Å². The van der Waals surface area contributed by atoms with Crippen LogP contribution in [-0.4, -0.2) is 44.7 Å². The molecule has 7 heteroatoms. The fourth-order valence-corrected chi connectivity index (χ4v) is 3.39. The number of fused-ring (bicyclic) bond motifs is 2. The number of hydrogen-bond acceptors (Lipinski definition) is 6. The molecule has 0 fully saturated rings. The average molecular weight is 411 g/mol. The van der Waals surface area contributed by atoms with Gasteiger partial charge in [-0.05, 0) is 42.3 Å². The zero-order valence-corrected chi connectivity index (χ0v) is 16.8. The van der Waals surface area contributed by atoms with Gasteiger partial charge in [0, 0.05) is 31.4 Å². The molecule has 0 aromatic heterocycles. The van der Waals surface area contributed by atoms with E-state index in [0.717, 1.165) is 23.5 Å². The van der Waals surface area contributed by atoms with Gasteiger partial charge in [0.2, 0.25) is 5.91 Å². The second kappa shape index (κ2) is 9.52. The van der Waals surface area contributed by atoms with Crippen LogP contribution in [-0.2, 0) is 11.2 Å². The van der Waals surface area contributed by atoms with Gasteiger partial charge < -0.3 is 24.3 Å². The van der Waals surface area contributed by atoms with E-state index in [1.54, 1.807) is 18.2 Å². The van der Waals surface area contributed by atoms with Crippen LogP contribution in [0.15, 0.2) is 36.4 Å². The number of benzene rings is 2. The molecule has 2 aromatic rings. The molecule has 0 bridgehead atoms. The van der Waals surface area contributed by atoms with Crippen LogP contribution >= 0.6 is 0 Å². The summed E-state index contributed by atoms with van der Waals surface area (Å²) in [6, 6.07) is 11.0. The van der Waals surface area contributed by atoms with Crippen molar-refractivity contribution < 1.29 is 28.5 Å². The summed E-state index contributed by atoms with van der Waals surface area (Å²) < 4.78 is 22.3. The number of ketones is 1. The summed E-state index contributed by atoms with van der Waals surface area (Å²) in [5.74, 6) is 2.50. The van der Waals surface area contributed by atoms with Crippen LogP contribution in [0.1, 0.15) is 35.2 Å². The number of carbonyl (C=O) groups is 2. The maximum atomic E-state index is 12.5. The van der Waals surface area contributed by atoms with E-state index in [1.165, 1.54) is 0 Å². The third-order valence-electron chi connectivity index (χ3n) is 4.99. The molecule has 4 rings (SSSR count). The van der Waals surface area contributed by atoms with E-state index >= 15 is 0 Å². The lowest BCUT2D eigenvalue weighted by Crippen LogP contribution is -2.26. The molecule has 2 aromatic carbocycles. The van der Waals surface area contributed by atoms with Crippen molar-refractivity contribution in [2.45, 2.75) is 25.7 Å². The quantitative estimate of drug-likeness (QED) is 0.706. The zero-order valence-electron chi connectivity index (χ0n) is 16.8. The van der Waals surface area contributed by atoms with Crippen molar-refractivity contribution in [3.05, 3.63) is 47.5 Å². The van der Waals surface area contributed by atoms with Crippen LogP contribution in [0.5, 0.6) is 23.0 Å². The Balaban J connectivity index is 1.22. The summed E-state index contributed by atoms with van der Waals surface area (Å²) in [6.07, 6.45) is 1.78. The highest BCUT2D eigenvalue weighted by Gasteiger charge is 2.15. The molecule has 0 atom stereocenters. The standard InChI is InChI=1S/C23H25NO6/c25-18(17-3-6-20-22(15-17)28-11-1-10-27-20)4-7-23(26)24-9-8-16-2-5-19-21(14-16)30-13-12-29-19/h2-3,5-6,14-15H,1,4,7-13H2,(H,24,26). The first-order chi connectivity index (χ1) is 14.7. The van der Waals surface area contributed by atoms with Crippen molar-refractivity contribution in [2.24, 2.45) is 0 Å². The van der Waals surface area contributed by atoms with E-state index < -0.39 is 0 Å². The lowest BCUT2D eigenvalue weighted by atomic mass is 10.1. The minimum Gasteiger partial charge on any atom is -0.490 e. The number of rotatable bonds is 7. The molecule has 30 heavy (non-hydrogen) atoms. The molecule has 2 aliphatic rings. The van der Waals surface area contributed by atoms with Crippen LogP contribution in [0.4, 0.5) is 0 Å². The first-order valence-electron chi connectivity index (χ1n) is 10.3. The van der Waals surface area contributed by atoms with Crippen molar-refractivity contribution in [2.75, 3.05) is 33.0 Å². The third kappa shape index (κ3) is 5.03. The Labute approximate surface area is 175 Å². The molecule has 0 saturated carbocycles. The molecule has 0 spiro atoms. The van der Waals surface area contributed by atoms with Gasteiger partial charge in [0.25, 0.3) is 0 Å². The number of nitrogens with one attached hydrogen (secondary N) is 1. The minimum absolute atomic E-state index is 0.0902. The molecular weight excluding hydrogens is 386 g/mol. The average Bonchev–Trinajstić information content (AvgIpc) is 3.02. The molecule has 2 aliphatic heterocycles. The van der Waals surface area contributed by atoms with Gasteiger partial charge >= 0.3 is 0 Å². The van der Waals surface area contributed by atoms with Crippen molar-refractivity contribution in [1.29, 1.82) is 0 Å². The van der Waals surface area contributed by atoms with Gasteiger partial charge in [-0.15, -0.1) is 0 Å². The van der Waals surface area contributed by atoms with Crippen molar-refractivity contribution in [3.63, 3.8) is 0 Å². The van der Waals surface area contributed by atoms with Crippen LogP contribution in [0.25, 0.3) is 0 Å². The van der Waals surface area contributed by atoms with E-state index in [4.69, 9.17) is 18.9 Å². The Morgan fingerprint density at radius 2 is 1.43 bits per heavy atom. The smallest absolute Gasteiger partial charge is 0.220 e. The predicted molar refractivity (Wildman–Crippen MR) is 110 cm³/mol. The fraction of sp³-hybridized carbons (Fsp3) is 0.391. The van der Waals surface area contributed by atoms with Gasteiger partial charge in [-0.25, -0.2) is 0 Å². The maximum Gasteiger partial charge on any atom is 0.220 e. The van der Waals surface area contributed by atoms with E-state index in [1.807, 2.05) is 18.2 Å². The Bertz CT molecular complexity index is 926. The maximum absolute atomic E-state index is 12.5. The third-order valence-corrected chi connectivity index (χ3v) is 4.99. The lowest BCUT2D eigenvalue weighted by Gasteiger charge is -2.18. The Kier molecular flexibility index (Phi) is 6.37. The topological polar surface area (TPSA) is 83.1 Å². The van der Waals surface area contributed by atoms with Gasteiger partial charge in [-0.3, -0.25) is 9.59 Å². The number of ether oxygens (including phenoxy) is 4. The Morgan fingerprint density at radius 1 is 0.767 bits per heavy atom. The van der Waals surface area contributed by atoms with Gasteiger partial charge in [-0.1, -0.05) is 6.07 Å². The van der Waals surface area contributed by atoms with Crippen LogP contribution in [0.2, 0.25) is 0 Å². The lowest BCUT2D eigenvalue weighted by molar-refractivity contribution is -0.121. The largest absolute Gasteiger partial charge is 0.490 e. The SMILES string of the molecule is O=C(CCC(=O)c1ccc2c(c1)OCCCO2)NCCc1ccc2c(c1)OCCO2. The second-order valence-electron chi connectivity index (χ2n) is 7.21. The van der Waals surface area contributed by atoms with Gasteiger partial charge in [-0.2, -0.15) is 0 Å². The van der Waals surface area contributed by atoms with Gasteiger partial charge in [0.05, 0.1) is 13.2 Å². The van der Waals surface area contributed by atoms with E-state index in [9.17, 15) is 9.59 Å². The first kappa shape index (κ1) is 20.1. The minimum atomic E-state index is -0.143. The van der Waals surface area contributed by atoms with Crippen LogP contribution < -0.4 is 24.3 Å². The first-order valence-corrected chi connectivity index (χ1v) is 10.3. The Morgan fingerprint density at radius 3 is 2.27 bits per heavy atom. The fourth-order valence-electron chi connectivity index (χ4n) is 3.39. The van der Waals surface area contributed by atoms with Crippen molar-refractivity contribution in [1.82, 2.24) is 5.32 Å². The normalized spacial score (nSPS) is 14.5. The molecule has 158 valence electrons. The molecule has 1 N–H and O–H groups in total. The Hall–Kier alpha value is -3.22. The van der Waals surface area contributed by atoms with E-state index in [-0.39, 0.29) is 24.5 Å². The molecule has 7 nitrogen and oxygen atoms in total. The molecule has 1 amide bonds. The summed E-state index contributed by atoms with van der Waals surface area (Å²) in [5.41, 5.74) is 1.59. The predicted octanol–water partition coefficient (Wildman–Crippen LogP) is 2.94. The van der Waals surface area contributed by atoms with Gasteiger partial charge in [0.1, 0.15) is 13.2 Å². The van der Waals surface area contributed by atoms with Gasteiger partial charge in [0.15, 0.2) is 28.8 Å². The second-order valence-corrected chi connectivity index (χ2v) is 7.21. The molecule has 2 heterocycles. The molecule has 0 saturated heterocycles. The highest BCUT2D eigenvalue weighted by molar-refractivity contribution is 5.98. The highest BCUT2D eigenvalue weighted by Crippen LogP contribution is 2.31. The molecule has 0 radical (unpaired) electrons. The summed E-state index contributed by atoms with van der Waals surface area (Å²) >= 11 is 0. The van der Waals surface area contributed by atoms with E-state index in [2.05, 4.69) is 5.32 Å². The molecule has 0 aliphatic carbocycles. The number of Topliss-reactive ketones (excluding diaryl/α,β-unsaturated/α-hetero) is 1. The highest BCUT2D eigenvalue weighted by atomic mass is 16.6. The molecular formula is C23H25NO6.